The molecule has 1 aliphatic rings. The third-order valence-corrected chi connectivity index (χ3v) is 4.97. The Balaban J connectivity index is 1.92. The molecule has 8 heteroatoms. The molecule has 0 aromatic heterocycles. The number of alkyl carbamates (subject to hydrolysis) is 1. The average Bonchev–Trinajstić information content (AvgIpc) is 2.60. The van der Waals surface area contributed by atoms with E-state index in [9.17, 15) is 9.59 Å². The molecular weight excluding hydrogens is 406 g/mol. The molecule has 0 unspecified atom stereocenters. The Kier molecular flexibility index (Phi) is 8.92. The molecular formula is C24H39N5O3. The van der Waals surface area contributed by atoms with Crippen molar-refractivity contribution in [3.05, 3.63) is 29.8 Å². The van der Waals surface area contributed by atoms with Crippen molar-refractivity contribution in [2.24, 2.45) is 10.9 Å². The number of guanidine groups is 1. The van der Waals surface area contributed by atoms with E-state index in [2.05, 4.69) is 26.3 Å². The molecule has 32 heavy (non-hydrogen) atoms. The van der Waals surface area contributed by atoms with Crippen LogP contribution in [0.4, 0.5) is 10.5 Å². The lowest BCUT2D eigenvalue weighted by molar-refractivity contribution is -0.122. The highest BCUT2D eigenvalue weighted by molar-refractivity contribution is 5.93. The summed E-state index contributed by atoms with van der Waals surface area (Å²) in [4.78, 5) is 28.9. The van der Waals surface area contributed by atoms with Gasteiger partial charge >= 0.3 is 6.09 Å². The van der Waals surface area contributed by atoms with Gasteiger partial charge < -0.3 is 26.0 Å². The molecule has 1 fully saturated rings. The zero-order chi connectivity index (χ0) is 23.8. The first kappa shape index (κ1) is 25.5. The Bertz CT molecular complexity index is 810. The topological polar surface area (TPSA) is 104 Å². The number of ether oxygens (including phenoxy) is 1. The van der Waals surface area contributed by atoms with Gasteiger partial charge in [0.15, 0.2) is 5.96 Å². The van der Waals surface area contributed by atoms with Gasteiger partial charge in [-0.25, -0.2) is 9.79 Å². The first-order chi connectivity index (χ1) is 15.0. The van der Waals surface area contributed by atoms with Crippen LogP contribution in [0.5, 0.6) is 0 Å². The number of amides is 2. The minimum atomic E-state index is -0.546. The van der Waals surface area contributed by atoms with Crippen molar-refractivity contribution in [1.82, 2.24) is 16.0 Å². The molecule has 0 saturated heterocycles. The van der Waals surface area contributed by atoms with Crippen molar-refractivity contribution in [3.63, 3.8) is 0 Å². The van der Waals surface area contributed by atoms with Crippen molar-refractivity contribution in [1.29, 1.82) is 0 Å². The third kappa shape index (κ3) is 9.16. The predicted molar refractivity (Wildman–Crippen MR) is 129 cm³/mol. The van der Waals surface area contributed by atoms with Crippen LogP contribution in [-0.2, 0) is 16.1 Å². The molecule has 0 radical (unpaired) electrons. The second-order valence-electron chi connectivity index (χ2n) is 9.88. The van der Waals surface area contributed by atoms with Crippen LogP contribution in [0, 0.1) is 5.92 Å². The van der Waals surface area contributed by atoms with Crippen LogP contribution < -0.4 is 21.3 Å². The fourth-order valence-corrected chi connectivity index (χ4v) is 3.10. The molecule has 2 amide bonds. The van der Waals surface area contributed by atoms with Crippen molar-refractivity contribution < 1.29 is 14.3 Å². The van der Waals surface area contributed by atoms with E-state index in [0.717, 1.165) is 30.5 Å². The van der Waals surface area contributed by atoms with Crippen molar-refractivity contribution in [2.75, 3.05) is 18.4 Å². The molecule has 0 spiro atoms. The van der Waals surface area contributed by atoms with E-state index in [4.69, 9.17) is 4.74 Å². The number of hydrogen-bond donors (Lipinski definition) is 4. The number of benzene rings is 1. The Labute approximate surface area is 192 Å². The minimum Gasteiger partial charge on any atom is -0.444 e. The van der Waals surface area contributed by atoms with Gasteiger partial charge in [-0.2, -0.15) is 0 Å². The van der Waals surface area contributed by atoms with Gasteiger partial charge in [-0.3, -0.25) is 4.79 Å². The number of carbonyl (C=O) groups excluding carboxylic acids is 2. The van der Waals surface area contributed by atoms with E-state index in [1.807, 2.05) is 65.8 Å². The summed E-state index contributed by atoms with van der Waals surface area (Å²) in [6, 6.07) is 7.77. The van der Waals surface area contributed by atoms with E-state index in [-0.39, 0.29) is 11.8 Å². The van der Waals surface area contributed by atoms with Crippen LogP contribution in [0.1, 0.15) is 66.4 Å². The molecule has 1 saturated carbocycles. The van der Waals surface area contributed by atoms with Gasteiger partial charge in [-0.1, -0.05) is 18.6 Å². The lowest BCUT2D eigenvalue weighted by Gasteiger charge is -2.29. The Hall–Kier alpha value is -2.77. The Morgan fingerprint density at radius 3 is 2.44 bits per heavy atom. The van der Waals surface area contributed by atoms with Gasteiger partial charge in [0.2, 0.25) is 5.91 Å². The number of rotatable bonds is 8. The Morgan fingerprint density at radius 2 is 1.84 bits per heavy atom. The van der Waals surface area contributed by atoms with Crippen LogP contribution in [0.3, 0.4) is 0 Å². The number of aliphatic imine (C=N–C) groups is 1. The number of nitrogens with zero attached hydrogens (tertiary/aromatic N) is 1. The quantitative estimate of drug-likeness (QED) is 0.360. The zero-order valence-electron chi connectivity index (χ0n) is 20.3. The molecule has 1 aromatic carbocycles. The SMILES string of the molecule is CCNC(=NCc1cccc(NC(=O)C2CCC2)c1)NCC(C)(C)NC(=O)OC(C)(C)C. The molecule has 1 aliphatic carbocycles. The molecule has 0 aliphatic heterocycles. The fourth-order valence-electron chi connectivity index (χ4n) is 3.10. The Morgan fingerprint density at radius 1 is 1.12 bits per heavy atom. The molecule has 0 heterocycles. The number of anilines is 1. The van der Waals surface area contributed by atoms with Crippen LogP contribution in [0.25, 0.3) is 0 Å². The summed E-state index contributed by atoms with van der Waals surface area (Å²) in [6.07, 6.45) is 2.64. The first-order valence-electron chi connectivity index (χ1n) is 11.4. The maximum absolute atomic E-state index is 12.2. The van der Waals surface area contributed by atoms with Crippen LogP contribution in [-0.4, -0.2) is 42.2 Å². The second-order valence-corrected chi connectivity index (χ2v) is 9.88. The largest absolute Gasteiger partial charge is 0.444 e. The summed E-state index contributed by atoms with van der Waals surface area (Å²) < 4.78 is 5.34. The van der Waals surface area contributed by atoms with Crippen molar-refractivity contribution in [3.8, 4) is 0 Å². The highest BCUT2D eigenvalue weighted by Gasteiger charge is 2.26. The first-order valence-corrected chi connectivity index (χ1v) is 11.4. The number of carbonyl (C=O) groups is 2. The lowest BCUT2D eigenvalue weighted by atomic mass is 9.85. The van der Waals surface area contributed by atoms with Gasteiger partial charge in [0.1, 0.15) is 5.60 Å². The predicted octanol–water partition coefficient (Wildman–Crippen LogP) is 3.78. The summed E-state index contributed by atoms with van der Waals surface area (Å²) in [6.45, 7) is 13.0. The summed E-state index contributed by atoms with van der Waals surface area (Å²) in [7, 11) is 0. The van der Waals surface area contributed by atoms with Crippen LogP contribution >= 0.6 is 0 Å². The van der Waals surface area contributed by atoms with E-state index in [1.165, 1.54) is 0 Å². The highest BCUT2D eigenvalue weighted by atomic mass is 16.6. The standard InChI is InChI=1S/C24H39N5O3/c1-7-25-21(27-16-24(5,6)29-22(31)32-23(2,3)4)26-15-17-10-8-13-19(14-17)28-20(30)18-11-9-12-18/h8,10,13-14,18H,7,9,11-12,15-16H2,1-6H3,(H,28,30)(H,29,31)(H2,25,26,27). The van der Waals surface area contributed by atoms with Gasteiger partial charge in [-0.05, 0) is 72.1 Å². The zero-order valence-corrected chi connectivity index (χ0v) is 20.3. The van der Waals surface area contributed by atoms with E-state index in [1.54, 1.807) is 0 Å². The maximum Gasteiger partial charge on any atom is 0.408 e. The molecule has 0 atom stereocenters. The second kappa shape index (κ2) is 11.2. The number of nitrogens with one attached hydrogen (secondary N) is 4. The summed E-state index contributed by atoms with van der Waals surface area (Å²) in [5.41, 5.74) is 0.718. The van der Waals surface area contributed by atoms with E-state index < -0.39 is 17.2 Å². The van der Waals surface area contributed by atoms with Gasteiger partial charge in [-0.15, -0.1) is 0 Å². The third-order valence-electron chi connectivity index (χ3n) is 4.97. The molecule has 2 rings (SSSR count). The molecule has 178 valence electrons. The minimum absolute atomic E-state index is 0.103. The molecule has 1 aromatic rings. The van der Waals surface area contributed by atoms with Gasteiger partial charge in [0, 0.05) is 24.7 Å². The molecule has 4 N–H and O–H groups in total. The average molecular weight is 446 g/mol. The summed E-state index contributed by atoms with van der Waals surface area (Å²) >= 11 is 0. The molecule has 0 bridgehead atoms. The van der Waals surface area contributed by atoms with Gasteiger partial charge in [0.25, 0.3) is 0 Å². The summed E-state index contributed by atoms with van der Waals surface area (Å²) in [5.74, 6) is 0.904. The highest BCUT2D eigenvalue weighted by Crippen LogP contribution is 2.27. The fraction of sp³-hybridized carbons (Fsp3) is 0.625. The monoisotopic (exact) mass is 445 g/mol. The lowest BCUT2D eigenvalue weighted by Crippen LogP contribution is -2.54. The van der Waals surface area contributed by atoms with Crippen LogP contribution in [0.2, 0.25) is 0 Å². The number of hydrogen-bond acceptors (Lipinski definition) is 4. The van der Waals surface area contributed by atoms with E-state index in [0.29, 0.717) is 25.6 Å². The van der Waals surface area contributed by atoms with Crippen molar-refractivity contribution in [2.45, 2.75) is 78.5 Å². The van der Waals surface area contributed by atoms with Crippen molar-refractivity contribution >= 4 is 23.6 Å². The smallest absolute Gasteiger partial charge is 0.408 e. The molecule has 8 nitrogen and oxygen atoms in total. The van der Waals surface area contributed by atoms with E-state index >= 15 is 0 Å². The van der Waals surface area contributed by atoms with Crippen LogP contribution in [0.15, 0.2) is 29.3 Å². The maximum atomic E-state index is 12.2. The normalized spacial score (nSPS) is 14.9. The summed E-state index contributed by atoms with van der Waals surface area (Å²) in [5, 5.41) is 12.4. The van der Waals surface area contributed by atoms with Gasteiger partial charge in [0.05, 0.1) is 12.1 Å².